The number of amides is 3. The molecule has 104 valence electrons. The molecular formula is C14H15N3O3. The Morgan fingerprint density at radius 1 is 1.25 bits per heavy atom. The smallest absolute Gasteiger partial charge is 0.251 e. The highest BCUT2D eigenvalue weighted by molar-refractivity contribution is 6.01. The van der Waals surface area contributed by atoms with Gasteiger partial charge >= 0.3 is 0 Å². The van der Waals surface area contributed by atoms with E-state index in [4.69, 9.17) is 0 Å². The Balaban J connectivity index is 1.69. The normalized spacial score (nSPS) is 20.9. The molecule has 2 heterocycles. The predicted molar refractivity (Wildman–Crippen MR) is 72.0 cm³/mol. The highest BCUT2D eigenvalue weighted by Gasteiger charge is 2.25. The molecular weight excluding hydrogens is 258 g/mol. The van der Waals surface area contributed by atoms with Crippen LogP contribution in [0.4, 0.5) is 5.69 Å². The molecule has 1 fully saturated rings. The van der Waals surface area contributed by atoms with Crippen LogP contribution in [-0.4, -0.2) is 24.3 Å². The van der Waals surface area contributed by atoms with Crippen LogP contribution in [0.25, 0.3) is 0 Å². The fourth-order valence-electron chi connectivity index (χ4n) is 2.49. The fourth-order valence-corrected chi connectivity index (χ4v) is 2.49. The zero-order valence-electron chi connectivity index (χ0n) is 10.9. The van der Waals surface area contributed by atoms with Crippen molar-refractivity contribution in [2.75, 3.05) is 11.9 Å². The summed E-state index contributed by atoms with van der Waals surface area (Å²) in [5.74, 6) is -0.456. The molecule has 6 heteroatoms. The Labute approximate surface area is 115 Å². The van der Waals surface area contributed by atoms with E-state index in [2.05, 4.69) is 16.0 Å². The van der Waals surface area contributed by atoms with Gasteiger partial charge in [0, 0.05) is 30.8 Å². The maximum atomic E-state index is 12.1. The SMILES string of the molecule is O=C1CCC(C(=O)Nc2ccc3c(c2)C(=O)NC3)CN1. The molecule has 1 aromatic carbocycles. The van der Waals surface area contributed by atoms with Crippen molar-refractivity contribution in [3.05, 3.63) is 29.3 Å². The van der Waals surface area contributed by atoms with Crippen molar-refractivity contribution in [3.63, 3.8) is 0 Å². The molecule has 20 heavy (non-hydrogen) atoms. The summed E-state index contributed by atoms with van der Waals surface area (Å²) in [6.45, 7) is 0.910. The van der Waals surface area contributed by atoms with Crippen molar-refractivity contribution in [2.24, 2.45) is 5.92 Å². The second-order valence-corrected chi connectivity index (χ2v) is 5.08. The lowest BCUT2D eigenvalue weighted by Gasteiger charge is -2.21. The van der Waals surface area contributed by atoms with E-state index in [0.717, 1.165) is 5.56 Å². The molecule has 0 saturated carbocycles. The monoisotopic (exact) mass is 273 g/mol. The Bertz CT molecular complexity index is 587. The van der Waals surface area contributed by atoms with E-state index in [9.17, 15) is 14.4 Å². The number of rotatable bonds is 2. The van der Waals surface area contributed by atoms with Gasteiger partial charge in [-0.2, -0.15) is 0 Å². The minimum atomic E-state index is -0.213. The molecule has 2 aliphatic rings. The average Bonchev–Trinajstić information content (AvgIpc) is 2.81. The first-order valence-corrected chi connectivity index (χ1v) is 6.62. The molecule has 2 aliphatic heterocycles. The third-order valence-electron chi connectivity index (χ3n) is 3.70. The fraction of sp³-hybridized carbons (Fsp3) is 0.357. The predicted octanol–water partition coefficient (Wildman–Crippen LogP) is 0.395. The molecule has 0 radical (unpaired) electrons. The summed E-state index contributed by atoms with van der Waals surface area (Å²) in [6, 6.07) is 5.32. The number of hydrogen-bond donors (Lipinski definition) is 3. The van der Waals surface area contributed by atoms with E-state index in [0.29, 0.717) is 37.2 Å². The van der Waals surface area contributed by atoms with Crippen molar-refractivity contribution in [3.8, 4) is 0 Å². The molecule has 1 saturated heterocycles. The number of carbonyl (C=O) groups is 3. The highest BCUT2D eigenvalue weighted by atomic mass is 16.2. The van der Waals surface area contributed by atoms with Crippen LogP contribution < -0.4 is 16.0 Å². The van der Waals surface area contributed by atoms with Gasteiger partial charge in [0.1, 0.15) is 0 Å². The maximum Gasteiger partial charge on any atom is 0.251 e. The minimum absolute atomic E-state index is 0.0109. The Morgan fingerprint density at radius 2 is 2.10 bits per heavy atom. The minimum Gasteiger partial charge on any atom is -0.355 e. The van der Waals surface area contributed by atoms with E-state index >= 15 is 0 Å². The molecule has 3 N–H and O–H groups in total. The largest absolute Gasteiger partial charge is 0.355 e. The summed E-state index contributed by atoms with van der Waals surface area (Å²) in [5.41, 5.74) is 2.17. The van der Waals surface area contributed by atoms with Gasteiger partial charge in [0.25, 0.3) is 5.91 Å². The first kappa shape index (κ1) is 12.7. The summed E-state index contributed by atoms with van der Waals surface area (Å²) in [6.07, 6.45) is 0.938. The van der Waals surface area contributed by atoms with Crippen LogP contribution in [0, 0.1) is 5.92 Å². The van der Waals surface area contributed by atoms with Gasteiger partial charge in [0.2, 0.25) is 11.8 Å². The van der Waals surface area contributed by atoms with Crippen molar-refractivity contribution >= 4 is 23.4 Å². The van der Waals surface area contributed by atoms with Crippen molar-refractivity contribution in [1.29, 1.82) is 0 Å². The van der Waals surface area contributed by atoms with Crippen molar-refractivity contribution < 1.29 is 14.4 Å². The van der Waals surface area contributed by atoms with Crippen LogP contribution in [0.2, 0.25) is 0 Å². The molecule has 0 aromatic heterocycles. The number of carbonyl (C=O) groups excluding carboxylic acids is 3. The van der Waals surface area contributed by atoms with Crippen molar-refractivity contribution in [1.82, 2.24) is 10.6 Å². The van der Waals surface area contributed by atoms with Crippen LogP contribution in [0.3, 0.4) is 0 Å². The highest BCUT2D eigenvalue weighted by Crippen LogP contribution is 2.21. The molecule has 0 bridgehead atoms. The Morgan fingerprint density at radius 3 is 2.85 bits per heavy atom. The number of piperidine rings is 1. The molecule has 0 aliphatic carbocycles. The van der Waals surface area contributed by atoms with E-state index in [-0.39, 0.29) is 23.6 Å². The molecule has 1 unspecified atom stereocenters. The van der Waals surface area contributed by atoms with Gasteiger partial charge in [-0.25, -0.2) is 0 Å². The molecule has 6 nitrogen and oxygen atoms in total. The Kier molecular flexibility index (Phi) is 3.14. The molecule has 3 amide bonds. The summed E-state index contributed by atoms with van der Waals surface area (Å²) in [5, 5.41) is 8.22. The van der Waals surface area contributed by atoms with E-state index in [1.807, 2.05) is 6.07 Å². The van der Waals surface area contributed by atoms with E-state index < -0.39 is 0 Å². The zero-order chi connectivity index (χ0) is 14.1. The summed E-state index contributed by atoms with van der Waals surface area (Å²) >= 11 is 0. The number of fused-ring (bicyclic) bond motifs is 1. The van der Waals surface area contributed by atoms with Crippen LogP contribution in [0.5, 0.6) is 0 Å². The molecule has 1 atom stereocenters. The average molecular weight is 273 g/mol. The van der Waals surface area contributed by atoms with Crippen LogP contribution in [0.1, 0.15) is 28.8 Å². The summed E-state index contributed by atoms with van der Waals surface area (Å²) < 4.78 is 0. The van der Waals surface area contributed by atoms with Crippen LogP contribution >= 0.6 is 0 Å². The lowest BCUT2D eigenvalue weighted by Crippen LogP contribution is -2.40. The van der Waals surface area contributed by atoms with Crippen molar-refractivity contribution in [2.45, 2.75) is 19.4 Å². The second-order valence-electron chi connectivity index (χ2n) is 5.08. The third-order valence-corrected chi connectivity index (χ3v) is 3.70. The number of hydrogen-bond acceptors (Lipinski definition) is 3. The topological polar surface area (TPSA) is 87.3 Å². The van der Waals surface area contributed by atoms with Crippen LogP contribution in [-0.2, 0) is 16.1 Å². The first-order chi connectivity index (χ1) is 9.63. The molecule has 3 rings (SSSR count). The maximum absolute atomic E-state index is 12.1. The zero-order valence-corrected chi connectivity index (χ0v) is 10.9. The lowest BCUT2D eigenvalue weighted by atomic mass is 9.98. The van der Waals surface area contributed by atoms with Gasteiger partial charge in [-0.1, -0.05) is 6.07 Å². The van der Waals surface area contributed by atoms with Gasteiger partial charge in [0.15, 0.2) is 0 Å². The Hall–Kier alpha value is -2.37. The van der Waals surface area contributed by atoms with E-state index in [1.54, 1.807) is 12.1 Å². The second kappa shape index (κ2) is 4.96. The third kappa shape index (κ3) is 2.36. The first-order valence-electron chi connectivity index (χ1n) is 6.62. The lowest BCUT2D eigenvalue weighted by molar-refractivity contribution is -0.126. The van der Waals surface area contributed by atoms with Crippen LogP contribution in [0.15, 0.2) is 18.2 Å². The van der Waals surface area contributed by atoms with Gasteiger partial charge < -0.3 is 16.0 Å². The standard InChI is InChI=1S/C14H15N3O3/c18-12-4-2-9(7-15-12)13(19)17-10-3-1-8-6-16-14(20)11(8)5-10/h1,3,5,9H,2,4,6-7H2,(H,15,18)(H,16,20)(H,17,19). The molecule has 0 spiro atoms. The summed E-state index contributed by atoms with van der Waals surface area (Å²) in [7, 11) is 0. The van der Waals surface area contributed by atoms with Gasteiger partial charge in [0.05, 0.1) is 5.92 Å². The number of nitrogens with one attached hydrogen (secondary N) is 3. The van der Waals surface area contributed by atoms with Gasteiger partial charge in [-0.3, -0.25) is 14.4 Å². The van der Waals surface area contributed by atoms with E-state index in [1.165, 1.54) is 0 Å². The van der Waals surface area contributed by atoms with Gasteiger partial charge in [-0.05, 0) is 24.1 Å². The number of benzene rings is 1. The van der Waals surface area contributed by atoms with Gasteiger partial charge in [-0.15, -0.1) is 0 Å². The number of anilines is 1. The quantitative estimate of drug-likeness (QED) is 0.728. The summed E-state index contributed by atoms with van der Waals surface area (Å²) in [4.78, 5) is 34.7. The molecule has 1 aromatic rings.